The van der Waals surface area contributed by atoms with Crippen LogP contribution in [0.4, 0.5) is 0 Å². The van der Waals surface area contributed by atoms with Crippen LogP contribution in [-0.4, -0.2) is 65.7 Å². The van der Waals surface area contributed by atoms with E-state index < -0.39 is 49.4 Å². The third-order valence-corrected chi connectivity index (χ3v) is 3.41. The number of rotatable bonds is 6. The van der Waals surface area contributed by atoms with E-state index in [-0.39, 0.29) is 6.10 Å². The molecule has 2 N–H and O–H groups in total. The standard InChI is InChI=1S/C14H26O7/c1-7(2)17-8(3)18-11-10(9(16)6-15)19-13-12(11)20-14(4,5)21-13/h7-13,15-16H,6H2,1-5H3/t8?,9?,10-,11+,12-,13-/m1/s1. The maximum atomic E-state index is 9.90. The van der Waals surface area contributed by atoms with Crippen molar-refractivity contribution >= 4 is 0 Å². The van der Waals surface area contributed by atoms with Crippen LogP contribution in [0, 0.1) is 0 Å². The molecule has 0 radical (unpaired) electrons. The van der Waals surface area contributed by atoms with Crippen molar-refractivity contribution < 1.29 is 33.9 Å². The average molecular weight is 306 g/mol. The van der Waals surface area contributed by atoms with Crippen molar-refractivity contribution in [1.29, 1.82) is 0 Å². The minimum Gasteiger partial charge on any atom is -0.394 e. The van der Waals surface area contributed by atoms with E-state index in [9.17, 15) is 5.11 Å². The molecule has 2 rings (SSSR count). The van der Waals surface area contributed by atoms with Gasteiger partial charge in [-0.2, -0.15) is 0 Å². The van der Waals surface area contributed by atoms with Crippen molar-refractivity contribution in [2.75, 3.05) is 6.61 Å². The van der Waals surface area contributed by atoms with Gasteiger partial charge in [-0.1, -0.05) is 0 Å². The Morgan fingerprint density at radius 3 is 2.43 bits per heavy atom. The normalized spacial score (nSPS) is 37.7. The second-order valence-electron chi connectivity index (χ2n) is 6.17. The van der Waals surface area contributed by atoms with Gasteiger partial charge in [0.1, 0.15) is 24.4 Å². The number of aliphatic hydroxyl groups is 2. The van der Waals surface area contributed by atoms with Crippen molar-refractivity contribution in [1.82, 2.24) is 0 Å². The minimum absolute atomic E-state index is 0.0107. The summed E-state index contributed by atoms with van der Waals surface area (Å²) in [7, 11) is 0. The number of aliphatic hydroxyl groups excluding tert-OH is 2. The molecule has 124 valence electrons. The van der Waals surface area contributed by atoms with Gasteiger partial charge >= 0.3 is 0 Å². The van der Waals surface area contributed by atoms with Gasteiger partial charge in [0.25, 0.3) is 0 Å². The van der Waals surface area contributed by atoms with Gasteiger partial charge in [0.05, 0.1) is 12.7 Å². The molecule has 0 bridgehead atoms. The highest BCUT2D eigenvalue weighted by molar-refractivity contribution is 4.96. The van der Waals surface area contributed by atoms with Crippen LogP contribution in [0.3, 0.4) is 0 Å². The molecule has 2 fully saturated rings. The van der Waals surface area contributed by atoms with Gasteiger partial charge in [-0.25, -0.2) is 0 Å². The zero-order valence-electron chi connectivity index (χ0n) is 13.2. The Labute approximate surface area is 125 Å². The molecule has 7 heteroatoms. The summed E-state index contributed by atoms with van der Waals surface area (Å²) in [6.07, 6.45) is -3.93. The highest BCUT2D eigenvalue weighted by Crippen LogP contribution is 2.40. The molecule has 21 heavy (non-hydrogen) atoms. The molecule has 0 amide bonds. The summed E-state index contributed by atoms with van der Waals surface area (Å²) in [6, 6.07) is 0. The van der Waals surface area contributed by atoms with E-state index in [1.165, 1.54) is 0 Å². The van der Waals surface area contributed by atoms with Crippen LogP contribution in [0.5, 0.6) is 0 Å². The lowest BCUT2D eigenvalue weighted by Crippen LogP contribution is -2.45. The Morgan fingerprint density at radius 2 is 1.86 bits per heavy atom. The fourth-order valence-electron chi connectivity index (χ4n) is 2.71. The maximum Gasteiger partial charge on any atom is 0.190 e. The van der Waals surface area contributed by atoms with Crippen molar-refractivity contribution in [3.63, 3.8) is 0 Å². The molecular weight excluding hydrogens is 280 g/mol. The fourth-order valence-corrected chi connectivity index (χ4v) is 2.71. The topological polar surface area (TPSA) is 86.6 Å². The van der Waals surface area contributed by atoms with E-state index in [0.29, 0.717) is 0 Å². The lowest BCUT2D eigenvalue weighted by molar-refractivity contribution is -0.253. The number of hydrogen-bond donors (Lipinski definition) is 2. The predicted octanol–water partition coefficient (Wildman–Crippen LogP) is 0.372. The maximum absolute atomic E-state index is 9.90. The molecule has 0 saturated carbocycles. The Hall–Kier alpha value is -0.280. The summed E-state index contributed by atoms with van der Waals surface area (Å²) in [5.74, 6) is -0.770. The fraction of sp³-hybridized carbons (Fsp3) is 1.00. The first kappa shape index (κ1) is 17.1. The van der Waals surface area contributed by atoms with E-state index in [1.54, 1.807) is 20.8 Å². The van der Waals surface area contributed by atoms with Gasteiger partial charge in [-0.15, -0.1) is 0 Å². The zero-order valence-corrected chi connectivity index (χ0v) is 13.2. The summed E-state index contributed by atoms with van der Waals surface area (Å²) in [5, 5.41) is 19.1. The Balaban J connectivity index is 2.07. The van der Waals surface area contributed by atoms with Gasteiger partial charge in [0, 0.05) is 0 Å². The first-order chi connectivity index (χ1) is 9.73. The Morgan fingerprint density at radius 1 is 1.19 bits per heavy atom. The Kier molecular flexibility index (Phi) is 5.25. The molecule has 0 aromatic heterocycles. The summed E-state index contributed by atoms with van der Waals surface area (Å²) in [4.78, 5) is 0. The number of ether oxygens (including phenoxy) is 5. The van der Waals surface area contributed by atoms with Crippen LogP contribution < -0.4 is 0 Å². The van der Waals surface area contributed by atoms with Crippen LogP contribution in [0.1, 0.15) is 34.6 Å². The highest BCUT2D eigenvalue weighted by Gasteiger charge is 2.57. The first-order valence-electron chi connectivity index (χ1n) is 7.34. The van der Waals surface area contributed by atoms with Gasteiger partial charge in [-0.3, -0.25) is 0 Å². The summed E-state index contributed by atoms with van der Waals surface area (Å²) in [5.41, 5.74) is 0. The smallest absolute Gasteiger partial charge is 0.190 e. The van der Waals surface area contributed by atoms with Crippen molar-refractivity contribution in [2.24, 2.45) is 0 Å². The Bertz CT molecular complexity index is 346. The molecule has 0 aromatic carbocycles. The second kappa shape index (κ2) is 6.45. The third kappa shape index (κ3) is 3.92. The largest absolute Gasteiger partial charge is 0.394 e. The van der Waals surface area contributed by atoms with E-state index in [4.69, 9.17) is 28.8 Å². The molecule has 2 unspecified atom stereocenters. The number of hydrogen-bond acceptors (Lipinski definition) is 7. The van der Waals surface area contributed by atoms with Crippen molar-refractivity contribution in [3.8, 4) is 0 Å². The summed E-state index contributed by atoms with van der Waals surface area (Å²) >= 11 is 0. The van der Waals surface area contributed by atoms with Crippen LogP contribution in [0.15, 0.2) is 0 Å². The molecule has 0 spiro atoms. The lowest BCUT2D eigenvalue weighted by atomic mass is 10.1. The predicted molar refractivity (Wildman–Crippen MR) is 72.3 cm³/mol. The van der Waals surface area contributed by atoms with Crippen LogP contribution >= 0.6 is 0 Å². The molecule has 2 saturated heterocycles. The lowest BCUT2D eigenvalue weighted by Gasteiger charge is -2.30. The van der Waals surface area contributed by atoms with E-state index in [2.05, 4.69) is 0 Å². The monoisotopic (exact) mass is 306 g/mol. The van der Waals surface area contributed by atoms with E-state index in [0.717, 1.165) is 0 Å². The molecular formula is C14H26O7. The molecule has 2 aliphatic heterocycles. The molecule has 6 atom stereocenters. The number of fused-ring (bicyclic) bond motifs is 1. The van der Waals surface area contributed by atoms with Crippen LogP contribution in [0.25, 0.3) is 0 Å². The first-order valence-corrected chi connectivity index (χ1v) is 7.34. The molecule has 2 heterocycles. The van der Waals surface area contributed by atoms with Crippen molar-refractivity contribution in [2.45, 2.75) is 83.5 Å². The SMILES string of the molecule is CC(C)OC(C)O[C@@H]1[C@H]2OC(C)(C)O[C@H]2O[C@@H]1C(O)CO. The van der Waals surface area contributed by atoms with E-state index in [1.807, 2.05) is 13.8 Å². The zero-order chi connectivity index (χ0) is 15.8. The second-order valence-corrected chi connectivity index (χ2v) is 6.17. The van der Waals surface area contributed by atoms with Crippen LogP contribution in [0.2, 0.25) is 0 Å². The van der Waals surface area contributed by atoms with Crippen molar-refractivity contribution in [3.05, 3.63) is 0 Å². The van der Waals surface area contributed by atoms with Crippen LogP contribution in [-0.2, 0) is 23.7 Å². The highest BCUT2D eigenvalue weighted by atomic mass is 16.8. The molecule has 0 aliphatic carbocycles. The average Bonchev–Trinajstić information content (AvgIpc) is 2.81. The van der Waals surface area contributed by atoms with Gasteiger partial charge in [0.2, 0.25) is 0 Å². The summed E-state index contributed by atoms with van der Waals surface area (Å²) in [6.45, 7) is 8.75. The molecule has 7 nitrogen and oxygen atoms in total. The van der Waals surface area contributed by atoms with Gasteiger partial charge in [-0.05, 0) is 34.6 Å². The quantitative estimate of drug-likeness (QED) is 0.686. The van der Waals surface area contributed by atoms with Gasteiger partial charge < -0.3 is 33.9 Å². The summed E-state index contributed by atoms with van der Waals surface area (Å²) < 4.78 is 28.5. The van der Waals surface area contributed by atoms with Gasteiger partial charge in [0.15, 0.2) is 18.4 Å². The molecule has 2 aliphatic rings. The van der Waals surface area contributed by atoms with E-state index >= 15 is 0 Å². The third-order valence-electron chi connectivity index (χ3n) is 3.41. The minimum atomic E-state index is -1.07. The molecule has 0 aromatic rings.